The summed E-state index contributed by atoms with van der Waals surface area (Å²) in [4.78, 5) is 24.7. The van der Waals surface area contributed by atoms with Gasteiger partial charge in [-0.1, -0.05) is 26.0 Å². The second kappa shape index (κ2) is 12.5. The molecule has 2 aliphatic rings. The Morgan fingerprint density at radius 3 is 2.10 bits per heavy atom. The standard InChI is InChI=1S/C32H34O10/c1-4-10-38-19-7-8-20-22(12-19)30(21-9-6-18(37-3)13-24(21)40-16-28(33)34)31(32(35)36)29(20)23-14-26-27(42-17-41-26)15-25(23)39-11-5-2/h6-9,12-15,29-31H,4-5,10-11,16-17H2,1-3H3,(H,33,34)(H,35,36). The van der Waals surface area contributed by atoms with E-state index in [2.05, 4.69) is 0 Å². The van der Waals surface area contributed by atoms with Gasteiger partial charge in [0, 0.05) is 35.1 Å². The molecule has 1 aliphatic heterocycles. The molecule has 5 rings (SSSR count). The third-order valence-electron chi connectivity index (χ3n) is 7.41. The van der Waals surface area contributed by atoms with Crippen LogP contribution >= 0.6 is 0 Å². The van der Waals surface area contributed by atoms with Crippen molar-refractivity contribution in [3.05, 3.63) is 70.8 Å². The Kier molecular flexibility index (Phi) is 8.61. The SMILES string of the molecule is CCCOc1ccc2c(c1)C(c1ccc(OC)cc1OCC(=O)O)C(C(=O)O)C2c1cc2c(cc1OCCC)OCO2. The minimum absolute atomic E-state index is 0.0620. The molecule has 0 amide bonds. The Bertz CT molecular complexity index is 1470. The molecule has 0 bridgehead atoms. The van der Waals surface area contributed by atoms with Crippen LogP contribution in [0.25, 0.3) is 0 Å². The van der Waals surface area contributed by atoms with E-state index in [1.165, 1.54) is 7.11 Å². The first-order chi connectivity index (χ1) is 20.4. The summed E-state index contributed by atoms with van der Waals surface area (Å²) in [5.41, 5.74) is 2.71. The molecule has 0 fully saturated rings. The quantitative estimate of drug-likeness (QED) is 0.270. The number of ether oxygens (including phenoxy) is 6. The molecule has 222 valence electrons. The van der Waals surface area contributed by atoms with Gasteiger partial charge in [-0.05, 0) is 48.2 Å². The lowest BCUT2D eigenvalue weighted by Crippen LogP contribution is -2.25. The fourth-order valence-electron chi connectivity index (χ4n) is 5.68. The zero-order chi connectivity index (χ0) is 29.8. The minimum atomic E-state index is -1.16. The van der Waals surface area contributed by atoms with Crippen molar-refractivity contribution in [1.82, 2.24) is 0 Å². The van der Waals surface area contributed by atoms with Gasteiger partial charge in [-0.15, -0.1) is 0 Å². The molecule has 3 atom stereocenters. The maximum atomic E-state index is 13.3. The Labute approximate surface area is 243 Å². The summed E-state index contributed by atoms with van der Waals surface area (Å²) in [6.07, 6.45) is 1.57. The van der Waals surface area contributed by atoms with Gasteiger partial charge in [0.05, 0.1) is 26.2 Å². The number of hydrogen-bond acceptors (Lipinski definition) is 8. The molecule has 42 heavy (non-hydrogen) atoms. The highest BCUT2D eigenvalue weighted by Gasteiger charge is 2.49. The molecule has 0 aromatic heterocycles. The van der Waals surface area contributed by atoms with Gasteiger partial charge < -0.3 is 38.6 Å². The Hall–Kier alpha value is -4.60. The van der Waals surface area contributed by atoms with E-state index in [4.69, 9.17) is 28.4 Å². The van der Waals surface area contributed by atoms with E-state index in [1.807, 2.05) is 32.0 Å². The van der Waals surface area contributed by atoms with Crippen LogP contribution in [0, 0.1) is 5.92 Å². The molecule has 1 heterocycles. The summed E-state index contributed by atoms with van der Waals surface area (Å²) in [5.74, 6) is -1.69. The molecule has 0 radical (unpaired) electrons. The van der Waals surface area contributed by atoms with E-state index in [-0.39, 0.29) is 12.5 Å². The van der Waals surface area contributed by atoms with Crippen LogP contribution in [0.4, 0.5) is 0 Å². The van der Waals surface area contributed by atoms with Crippen molar-refractivity contribution in [3.8, 4) is 34.5 Å². The van der Waals surface area contributed by atoms with Crippen LogP contribution in [-0.4, -0.2) is 55.9 Å². The zero-order valence-electron chi connectivity index (χ0n) is 23.8. The minimum Gasteiger partial charge on any atom is -0.497 e. The molecule has 3 aromatic rings. The second-order valence-corrected chi connectivity index (χ2v) is 10.1. The van der Waals surface area contributed by atoms with Crippen molar-refractivity contribution in [2.24, 2.45) is 5.92 Å². The lowest BCUT2D eigenvalue weighted by atomic mass is 9.79. The average Bonchev–Trinajstić information content (AvgIpc) is 3.58. The Balaban J connectivity index is 1.73. The van der Waals surface area contributed by atoms with Crippen LogP contribution in [0.2, 0.25) is 0 Å². The van der Waals surface area contributed by atoms with Gasteiger partial charge in [-0.2, -0.15) is 0 Å². The summed E-state index contributed by atoms with van der Waals surface area (Å²) in [5, 5.41) is 20.2. The molecule has 0 spiro atoms. The number of carbonyl (C=O) groups is 2. The second-order valence-electron chi connectivity index (χ2n) is 10.1. The number of fused-ring (bicyclic) bond motifs is 2. The highest BCUT2D eigenvalue weighted by atomic mass is 16.7. The van der Waals surface area contributed by atoms with Gasteiger partial charge in [0.25, 0.3) is 0 Å². The lowest BCUT2D eigenvalue weighted by molar-refractivity contribution is -0.142. The van der Waals surface area contributed by atoms with Crippen molar-refractivity contribution >= 4 is 11.9 Å². The molecule has 0 saturated heterocycles. The summed E-state index contributed by atoms with van der Waals surface area (Å²) < 4.78 is 34.4. The van der Waals surface area contributed by atoms with Gasteiger partial charge in [0.1, 0.15) is 23.0 Å². The number of hydrogen-bond donors (Lipinski definition) is 2. The largest absolute Gasteiger partial charge is 0.497 e. The highest BCUT2D eigenvalue weighted by Crippen LogP contribution is 2.57. The van der Waals surface area contributed by atoms with Crippen LogP contribution in [0.1, 0.15) is 60.8 Å². The summed E-state index contributed by atoms with van der Waals surface area (Å²) in [6.45, 7) is 4.40. The third-order valence-corrected chi connectivity index (χ3v) is 7.41. The van der Waals surface area contributed by atoms with Gasteiger partial charge >= 0.3 is 11.9 Å². The first kappa shape index (κ1) is 28.9. The van der Waals surface area contributed by atoms with Crippen molar-refractivity contribution in [2.75, 3.05) is 33.7 Å². The lowest BCUT2D eigenvalue weighted by Gasteiger charge is -2.26. The summed E-state index contributed by atoms with van der Waals surface area (Å²) >= 11 is 0. The molecule has 1 aliphatic carbocycles. The van der Waals surface area contributed by atoms with Crippen LogP contribution in [0.5, 0.6) is 34.5 Å². The normalized spacial score (nSPS) is 18.3. The van der Waals surface area contributed by atoms with Crippen molar-refractivity contribution in [1.29, 1.82) is 0 Å². The molecule has 3 aromatic carbocycles. The van der Waals surface area contributed by atoms with E-state index < -0.39 is 36.3 Å². The number of carboxylic acids is 2. The monoisotopic (exact) mass is 578 g/mol. The van der Waals surface area contributed by atoms with Gasteiger partial charge in [0.2, 0.25) is 6.79 Å². The molecule has 10 nitrogen and oxygen atoms in total. The van der Waals surface area contributed by atoms with E-state index in [9.17, 15) is 19.8 Å². The van der Waals surface area contributed by atoms with Gasteiger partial charge in [-0.3, -0.25) is 4.79 Å². The van der Waals surface area contributed by atoms with E-state index in [0.29, 0.717) is 53.1 Å². The zero-order valence-corrected chi connectivity index (χ0v) is 23.8. The molecule has 3 unspecified atom stereocenters. The molecular formula is C32H34O10. The van der Waals surface area contributed by atoms with Gasteiger partial charge in [-0.25, -0.2) is 4.79 Å². The highest BCUT2D eigenvalue weighted by molar-refractivity contribution is 5.79. The number of methoxy groups -OCH3 is 1. The number of benzene rings is 3. The predicted molar refractivity (Wildman–Crippen MR) is 152 cm³/mol. The van der Waals surface area contributed by atoms with E-state index in [1.54, 1.807) is 30.3 Å². The summed E-state index contributed by atoms with van der Waals surface area (Å²) in [7, 11) is 1.49. The smallest absolute Gasteiger partial charge is 0.341 e. The Morgan fingerprint density at radius 1 is 0.762 bits per heavy atom. The number of aliphatic carboxylic acids is 2. The average molecular weight is 579 g/mol. The van der Waals surface area contributed by atoms with Crippen LogP contribution < -0.4 is 28.4 Å². The molecule has 10 heteroatoms. The third kappa shape index (κ3) is 5.61. The molecule has 0 saturated carbocycles. The van der Waals surface area contributed by atoms with Crippen LogP contribution in [-0.2, 0) is 9.59 Å². The molecular weight excluding hydrogens is 544 g/mol. The topological polar surface area (TPSA) is 130 Å². The van der Waals surface area contributed by atoms with E-state index >= 15 is 0 Å². The first-order valence-corrected chi connectivity index (χ1v) is 13.9. The van der Waals surface area contributed by atoms with Crippen LogP contribution in [0.3, 0.4) is 0 Å². The fraction of sp³-hybridized carbons (Fsp3) is 0.375. The maximum Gasteiger partial charge on any atom is 0.341 e. The van der Waals surface area contributed by atoms with Crippen molar-refractivity contribution in [3.63, 3.8) is 0 Å². The van der Waals surface area contributed by atoms with E-state index in [0.717, 1.165) is 24.0 Å². The van der Waals surface area contributed by atoms with Crippen molar-refractivity contribution < 1.29 is 48.2 Å². The summed E-state index contributed by atoms with van der Waals surface area (Å²) in [6, 6.07) is 14.2. The van der Waals surface area contributed by atoms with Gasteiger partial charge in [0.15, 0.2) is 18.1 Å². The Morgan fingerprint density at radius 2 is 1.40 bits per heavy atom. The number of carboxylic acid groups (broad SMARTS) is 2. The fourth-order valence-corrected chi connectivity index (χ4v) is 5.68. The first-order valence-electron chi connectivity index (χ1n) is 13.9. The maximum absolute atomic E-state index is 13.3. The molecule has 2 N–H and O–H groups in total. The number of rotatable bonds is 13. The van der Waals surface area contributed by atoms with Crippen LogP contribution in [0.15, 0.2) is 48.5 Å². The predicted octanol–water partition coefficient (Wildman–Crippen LogP) is 5.44. The van der Waals surface area contributed by atoms with Crippen molar-refractivity contribution in [2.45, 2.75) is 38.5 Å².